The summed E-state index contributed by atoms with van der Waals surface area (Å²) in [5, 5.41) is 2.73. The van der Waals surface area contributed by atoms with E-state index in [0.717, 1.165) is 12.0 Å². The molecule has 27 heavy (non-hydrogen) atoms. The Labute approximate surface area is 157 Å². The Morgan fingerprint density at radius 2 is 1.89 bits per heavy atom. The highest BCUT2D eigenvalue weighted by Crippen LogP contribution is 2.32. The Bertz CT molecular complexity index is 857. The van der Waals surface area contributed by atoms with Crippen LogP contribution in [-0.2, 0) is 20.7 Å². The quantitative estimate of drug-likeness (QED) is 0.624. The lowest BCUT2D eigenvalue weighted by Gasteiger charge is -2.12. The molecule has 1 aliphatic rings. The minimum Gasteiger partial charge on any atom is -0.454 e. The largest absolute Gasteiger partial charge is 0.454 e. The van der Waals surface area contributed by atoms with Crippen molar-refractivity contribution in [2.75, 3.05) is 12.1 Å². The number of amides is 1. The van der Waals surface area contributed by atoms with E-state index >= 15 is 0 Å². The first-order valence-corrected chi connectivity index (χ1v) is 8.73. The van der Waals surface area contributed by atoms with E-state index in [1.807, 2.05) is 24.3 Å². The number of anilines is 1. The van der Waals surface area contributed by atoms with E-state index in [2.05, 4.69) is 12.2 Å². The van der Waals surface area contributed by atoms with Crippen LogP contribution in [0.4, 0.5) is 5.69 Å². The molecule has 1 amide bonds. The van der Waals surface area contributed by atoms with E-state index in [1.54, 1.807) is 24.3 Å². The van der Waals surface area contributed by atoms with Crippen molar-refractivity contribution in [3.63, 3.8) is 0 Å². The normalized spacial score (nSPS) is 13.4. The van der Waals surface area contributed by atoms with Gasteiger partial charge in [-0.05, 0) is 54.8 Å². The molecule has 1 N–H and O–H groups in total. The highest BCUT2D eigenvalue weighted by atomic mass is 16.7. The summed E-state index contributed by atoms with van der Waals surface area (Å²) in [6, 6.07) is 12.9. The first-order valence-electron chi connectivity index (χ1n) is 8.73. The summed E-state index contributed by atoms with van der Waals surface area (Å²) in [5.74, 6) is 0.320. The van der Waals surface area contributed by atoms with Crippen LogP contribution in [0, 0.1) is 0 Å². The third kappa shape index (κ3) is 4.88. The van der Waals surface area contributed by atoms with Gasteiger partial charge in [0.15, 0.2) is 17.6 Å². The number of aryl methyl sites for hydroxylation is 1. The number of fused-ring (bicyclic) bond motifs is 1. The van der Waals surface area contributed by atoms with Gasteiger partial charge < -0.3 is 19.5 Å². The second-order valence-corrected chi connectivity index (χ2v) is 6.06. The number of ether oxygens (including phenoxy) is 3. The maximum Gasteiger partial charge on any atom is 0.331 e. The lowest BCUT2D eigenvalue weighted by Crippen LogP contribution is -2.29. The number of hydrogen-bond donors (Lipinski definition) is 1. The van der Waals surface area contributed by atoms with Gasteiger partial charge in [0.25, 0.3) is 5.91 Å². The summed E-state index contributed by atoms with van der Waals surface area (Å²) in [7, 11) is 0. The maximum absolute atomic E-state index is 12.2. The van der Waals surface area contributed by atoms with Gasteiger partial charge in [0, 0.05) is 11.8 Å². The van der Waals surface area contributed by atoms with E-state index in [4.69, 9.17) is 14.2 Å². The molecule has 6 nitrogen and oxygen atoms in total. The fourth-order valence-electron chi connectivity index (χ4n) is 2.52. The number of nitrogens with one attached hydrogen (secondary N) is 1. The fraction of sp³-hybridized carbons (Fsp3) is 0.238. The molecule has 0 aliphatic carbocycles. The zero-order valence-corrected chi connectivity index (χ0v) is 15.2. The minimum atomic E-state index is -0.912. The van der Waals surface area contributed by atoms with Gasteiger partial charge in [-0.2, -0.15) is 0 Å². The Balaban J connectivity index is 1.52. The van der Waals surface area contributed by atoms with E-state index in [0.29, 0.717) is 17.2 Å². The molecule has 140 valence electrons. The fourth-order valence-corrected chi connectivity index (χ4v) is 2.52. The standard InChI is InChI=1S/C21H21NO5/c1-3-15-4-8-17(9-5-15)22-21(24)14(2)27-20(23)11-7-16-6-10-18-19(12-16)26-13-25-18/h4-12,14H,3,13H2,1-2H3,(H,22,24)/b11-7+/t14-/m1/s1. The zero-order valence-electron chi connectivity index (χ0n) is 15.2. The molecule has 0 aromatic heterocycles. The van der Waals surface area contributed by atoms with Gasteiger partial charge in [0.05, 0.1) is 0 Å². The number of carbonyl (C=O) groups excluding carboxylic acids is 2. The van der Waals surface area contributed by atoms with Crippen molar-refractivity contribution in [1.82, 2.24) is 0 Å². The molecule has 1 atom stereocenters. The van der Waals surface area contributed by atoms with Crippen LogP contribution in [0.25, 0.3) is 6.08 Å². The number of benzene rings is 2. The highest BCUT2D eigenvalue weighted by Gasteiger charge is 2.17. The molecule has 0 unspecified atom stereocenters. The molecule has 0 spiro atoms. The van der Waals surface area contributed by atoms with E-state index in [1.165, 1.54) is 18.6 Å². The first-order chi connectivity index (χ1) is 13.0. The van der Waals surface area contributed by atoms with Crippen molar-refractivity contribution in [2.45, 2.75) is 26.4 Å². The molecule has 3 rings (SSSR count). The molecule has 0 saturated heterocycles. The van der Waals surface area contributed by atoms with E-state index in [9.17, 15) is 9.59 Å². The second-order valence-electron chi connectivity index (χ2n) is 6.06. The molecule has 2 aromatic rings. The van der Waals surface area contributed by atoms with Crippen molar-refractivity contribution in [3.05, 3.63) is 59.7 Å². The summed E-state index contributed by atoms with van der Waals surface area (Å²) in [5.41, 5.74) is 2.61. The van der Waals surface area contributed by atoms with Gasteiger partial charge in [-0.25, -0.2) is 4.79 Å². The predicted molar refractivity (Wildman–Crippen MR) is 102 cm³/mol. The molecular formula is C21H21NO5. The van der Waals surface area contributed by atoms with Crippen molar-refractivity contribution in [3.8, 4) is 11.5 Å². The van der Waals surface area contributed by atoms with Crippen LogP contribution >= 0.6 is 0 Å². The summed E-state index contributed by atoms with van der Waals surface area (Å²) in [4.78, 5) is 24.1. The van der Waals surface area contributed by atoms with Crippen LogP contribution in [0.1, 0.15) is 25.0 Å². The SMILES string of the molecule is CCc1ccc(NC(=O)[C@@H](C)OC(=O)/C=C/c2ccc3c(c2)OCO3)cc1. The monoisotopic (exact) mass is 367 g/mol. The van der Waals surface area contributed by atoms with Crippen molar-refractivity contribution in [2.24, 2.45) is 0 Å². The Kier molecular flexibility index (Phi) is 5.76. The molecule has 0 saturated carbocycles. The Hall–Kier alpha value is -3.28. The van der Waals surface area contributed by atoms with Crippen molar-refractivity contribution >= 4 is 23.6 Å². The Morgan fingerprint density at radius 1 is 1.15 bits per heavy atom. The van der Waals surface area contributed by atoms with Crippen LogP contribution in [0.2, 0.25) is 0 Å². The molecule has 6 heteroatoms. The van der Waals surface area contributed by atoms with Crippen molar-refractivity contribution in [1.29, 1.82) is 0 Å². The van der Waals surface area contributed by atoms with E-state index in [-0.39, 0.29) is 12.7 Å². The summed E-state index contributed by atoms with van der Waals surface area (Å²) in [6.45, 7) is 3.78. The highest BCUT2D eigenvalue weighted by molar-refractivity contribution is 5.96. The molecule has 1 aliphatic heterocycles. The maximum atomic E-state index is 12.2. The van der Waals surface area contributed by atoms with Crippen LogP contribution < -0.4 is 14.8 Å². The lowest BCUT2D eigenvalue weighted by molar-refractivity contribution is -0.148. The third-order valence-corrected chi connectivity index (χ3v) is 4.10. The van der Waals surface area contributed by atoms with Crippen molar-refractivity contribution < 1.29 is 23.8 Å². The zero-order chi connectivity index (χ0) is 19.2. The Morgan fingerprint density at radius 3 is 2.63 bits per heavy atom. The molecule has 0 bridgehead atoms. The lowest BCUT2D eigenvalue weighted by atomic mass is 10.1. The number of carbonyl (C=O) groups is 2. The average molecular weight is 367 g/mol. The summed E-state index contributed by atoms with van der Waals surface area (Å²) in [6.07, 6.45) is 2.89. The van der Waals surface area contributed by atoms with Gasteiger partial charge in [-0.3, -0.25) is 4.79 Å². The van der Waals surface area contributed by atoms with Crippen LogP contribution in [0.5, 0.6) is 11.5 Å². The topological polar surface area (TPSA) is 73.9 Å². The number of rotatable bonds is 6. The third-order valence-electron chi connectivity index (χ3n) is 4.10. The van der Waals surface area contributed by atoms with Gasteiger partial charge in [0.1, 0.15) is 0 Å². The molecule has 1 heterocycles. The van der Waals surface area contributed by atoms with Gasteiger partial charge in [-0.1, -0.05) is 25.1 Å². The number of esters is 1. The van der Waals surface area contributed by atoms with E-state index < -0.39 is 12.1 Å². The van der Waals surface area contributed by atoms with Crippen LogP contribution in [0.15, 0.2) is 48.5 Å². The van der Waals surface area contributed by atoms with Gasteiger partial charge >= 0.3 is 5.97 Å². The molecule has 0 fully saturated rings. The van der Waals surface area contributed by atoms with Gasteiger partial charge in [0.2, 0.25) is 6.79 Å². The summed E-state index contributed by atoms with van der Waals surface area (Å²) >= 11 is 0. The van der Waals surface area contributed by atoms with Crippen LogP contribution in [-0.4, -0.2) is 24.8 Å². The smallest absolute Gasteiger partial charge is 0.331 e. The minimum absolute atomic E-state index is 0.193. The molecule has 0 radical (unpaired) electrons. The number of hydrogen-bond acceptors (Lipinski definition) is 5. The van der Waals surface area contributed by atoms with Crippen LogP contribution in [0.3, 0.4) is 0 Å². The first kappa shape index (κ1) is 18.5. The molecule has 2 aromatic carbocycles. The molecular weight excluding hydrogens is 346 g/mol. The summed E-state index contributed by atoms with van der Waals surface area (Å²) < 4.78 is 15.7. The van der Waals surface area contributed by atoms with Gasteiger partial charge in [-0.15, -0.1) is 0 Å². The predicted octanol–water partition coefficient (Wildman–Crippen LogP) is 3.56. The average Bonchev–Trinajstić information content (AvgIpc) is 3.14. The second kappa shape index (κ2) is 8.40.